The van der Waals surface area contributed by atoms with Crippen LogP contribution in [0.4, 0.5) is 8.78 Å². The fraction of sp³-hybridized carbons (Fsp3) is 0.571. The van der Waals surface area contributed by atoms with Crippen molar-refractivity contribution in [3.05, 3.63) is 35.4 Å². The number of nitrogens with zero attached hydrogens (tertiary/aromatic N) is 1. The number of rotatable bonds is 7. The lowest BCUT2D eigenvalue weighted by Gasteiger charge is -2.25. The first-order valence-corrected chi connectivity index (χ1v) is 6.42. The maximum Gasteiger partial charge on any atom is 0.126 e. The molecular weight excluding hydrogens is 250 g/mol. The Balaban J connectivity index is 2.67. The quantitative estimate of drug-likeness (QED) is 0.796. The summed E-state index contributed by atoms with van der Waals surface area (Å²) >= 11 is 0. The van der Waals surface area contributed by atoms with Crippen LogP contribution in [0.5, 0.6) is 0 Å². The highest BCUT2D eigenvalue weighted by Crippen LogP contribution is 2.19. The Bertz CT molecular complexity index is 381. The monoisotopic (exact) mass is 272 g/mol. The number of benzene rings is 1. The van der Waals surface area contributed by atoms with Gasteiger partial charge in [0.25, 0.3) is 0 Å². The van der Waals surface area contributed by atoms with Crippen LogP contribution in [-0.2, 0) is 0 Å². The molecule has 0 aliphatic heterocycles. The molecule has 108 valence electrons. The largest absolute Gasteiger partial charge is 0.395 e. The van der Waals surface area contributed by atoms with Crippen LogP contribution in [0.2, 0.25) is 0 Å². The summed E-state index contributed by atoms with van der Waals surface area (Å²) in [6, 6.07) is 3.52. The number of hydrogen-bond acceptors (Lipinski definition) is 3. The van der Waals surface area contributed by atoms with E-state index in [9.17, 15) is 8.78 Å². The molecule has 0 aromatic heterocycles. The first-order chi connectivity index (χ1) is 8.97. The zero-order valence-corrected chi connectivity index (χ0v) is 11.7. The second kappa shape index (κ2) is 7.53. The van der Waals surface area contributed by atoms with Crippen LogP contribution in [0, 0.1) is 11.6 Å². The molecule has 0 fully saturated rings. The molecule has 1 aromatic carbocycles. The van der Waals surface area contributed by atoms with E-state index in [1.54, 1.807) is 7.05 Å². The molecule has 1 aromatic rings. The van der Waals surface area contributed by atoms with Gasteiger partial charge in [-0.2, -0.15) is 0 Å². The molecule has 5 heteroatoms. The van der Waals surface area contributed by atoms with Crippen molar-refractivity contribution in [2.24, 2.45) is 0 Å². The summed E-state index contributed by atoms with van der Waals surface area (Å²) in [6.07, 6.45) is 0.709. The number of aliphatic hydroxyl groups excluding tert-OH is 1. The van der Waals surface area contributed by atoms with Crippen molar-refractivity contribution in [2.75, 3.05) is 27.2 Å². The molecule has 19 heavy (non-hydrogen) atoms. The average Bonchev–Trinajstić information content (AvgIpc) is 2.37. The van der Waals surface area contributed by atoms with Gasteiger partial charge in [0, 0.05) is 24.7 Å². The topological polar surface area (TPSA) is 35.5 Å². The minimum atomic E-state index is -0.563. The van der Waals surface area contributed by atoms with Crippen molar-refractivity contribution in [2.45, 2.75) is 25.4 Å². The Morgan fingerprint density at radius 3 is 2.32 bits per heavy atom. The van der Waals surface area contributed by atoms with Crippen molar-refractivity contribution in [3.8, 4) is 0 Å². The van der Waals surface area contributed by atoms with E-state index in [2.05, 4.69) is 5.32 Å². The number of nitrogens with one attached hydrogen (secondary N) is 1. The highest BCUT2D eigenvalue weighted by molar-refractivity contribution is 5.21. The first-order valence-electron chi connectivity index (χ1n) is 6.42. The van der Waals surface area contributed by atoms with Crippen molar-refractivity contribution in [1.82, 2.24) is 10.2 Å². The van der Waals surface area contributed by atoms with Crippen molar-refractivity contribution in [3.63, 3.8) is 0 Å². The molecule has 0 amide bonds. The van der Waals surface area contributed by atoms with Crippen molar-refractivity contribution >= 4 is 0 Å². The summed E-state index contributed by atoms with van der Waals surface area (Å²) in [5.74, 6) is -1.13. The van der Waals surface area contributed by atoms with Crippen LogP contribution in [0.25, 0.3) is 0 Å². The number of halogens is 2. The molecule has 2 atom stereocenters. The number of likely N-dealkylation sites (N-methyl/N-ethyl adjacent to an activating group) is 1. The normalized spacial score (nSPS) is 14.7. The third-order valence-electron chi connectivity index (χ3n) is 3.42. The standard InChI is InChI=1S/C14H22F2N2O/c1-10(9-19)18(3)5-4-14(17-2)11-6-12(15)8-13(16)7-11/h6-8,10,14,17,19H,4-5,9H2,1-3H3. The van der Waals surface area contributed by atoms with Crippen LogP contribution >= 0.6 is 0 Å². The summed E-state index contributed by atoms with van der Waals surface area (Å²) in [5.41, 5.74) is 0.602. The van der Waals surface area contributed by atoms with E-state index in [-0.39, 0.29) is 18.7 Å². The summed E-state index contributed by atoms with van der Waals surface area (Å²) in [7, 11) is 3.68. The number of aliphatic hydroxyl groups is 1. The van der Waals surface area contributed by atoms with E-state index in [0.717, 1.165) is 12.6 Å². The molecule has 3 nitrogen and oxygen atoms in total. The summed E-state index contributed by atoms with van der Waals surface area (Å²) in [4.78, 5) is 2.01. The molecule has 1 rings (SSSR count). The summed E-state index contributed by atoms with van der Waals surface area (Å²) < 4.78 is 26.4. The zero-order chi connectivity index (χ0) is 14.4. The second-order valence-electron chi connectivity index (χ2n) is 4.84. The Morgan fingerprint density at radius 1 is 1.26 bits per heavy atom. The van der Waals surface area contributed by atoms with Gasteiger partial charge < -0.3 is 15.3 Å². The van der Waals surface area contributed by atoms with E-state index in [1.807, 2.05) is 18.9 Å². The fourth-order valence-corrected chi connectivity index (χ4v) is 1.95. The third kappa shape index (κ3) is 4.86. The first kappa shape index (κ1) is 16.0. The van der Waals surface area contributed by atoms with Gasteiger partial charge in [0.05, 0.1) is 6.61 Å². The molecule has 0 spiro atoms. The van der Waals surface area contributed by atoms with Crippen molar-refractivity contribution in [1.29, 1.82) is 0 Å². The molecule has 0 radical (unpaired) electrons. The summed E-state index contributed by atoms with van der Waals surface area (Å²) in [5, 5.41) is 12.1. The molecule has 0 bridgehead atoms. The fourth-order valence-electron chi connectivity index (χ4n) is 1.95. The Kier molecular flexibility index (Phi) is 6.34. The molecular formula is C14H22F2N2O. The molecule has 0 aliphatic carbocycles. The van der Waals surface area contributed by atoms with Gasteiger partial charge in [0.2, 0.25) is 0 Å². The average molecular weight is 272 g/mol. The van der Waals surface area contributed by atoms with Gasteiger partial charge in [-0.3, -0.25) is 0 Å². The van der Waals surface area contributed by atoms with Gasteiger partial charge in [0.15, 0.2) is 0 Å². The van der Waals surface area contributed by atoms with E-state index in [4.69, 9.17) is 5.11 Å². The van der Waals surface area contributed by atoms with E-state index >= 15 is 0 Å². The van der Waals surface area contributed by atoms with Crippen LogP contribution < -0.4 is 5.32 Å². The Hall–Kier alpha value is -1.04. The van der Waals surface area contributed by atoms with Gasteiger partial charge in [-0.25, -0.2) is 8.78 Å². The Labute approximate surface area is 113 Å². The van der Waals surface area contributed by atoms with Gasteiger partial charge >= 0.3 is 0 Å². The van der Waals surface area contributed by atoms with E-state index in [1.165, 1.54) is 12.1 Å². The lowest BCUT2D eigenvalue weighted by Crippen LogP contribution is -2.34. The van der Waals surface area contributed by atoms with Crippen LogP contribution in [0.1, 0.15) is 24.9 Å². The van der Waals surface area contributed by atoms with Crippen molar-refractivity contribution < 1.29 is 13.9 Å². The zero-order valence-electron chi connectivity index (χ0n) is 11.7. The predicted octanol–water partition coefficient (Wildman–Crippen LogP) is 1.93. The number of hydrogen-bond donors (Lipinski definition) is 2. The predicted molar refractivity (Wildman–Crippen MR) is 72.0 cm³/mol. The van der Waals surface area contributed by atoms with Gasteiger partial charge in [-0.15, -0.1) is 0 Å². The smallest absolute Gasteiger partial charge is 0.126 e. The van der Waals surface area contributed by atoms with E-state index in [0.29, 0.717) is 12.0 Å². The van der Waals surface area contributed by atoms with Crippen LogP contribution in [0.15, 0.2) is 18.2 Å². The van der Waals surface area contributed by atoms with Crippen LogP contribution in [-0.4, -0.2) is 43.3 Å². The highest BCUT2D eigenvalue weighted by Gasteiger charge is 2.14. The molecule has 0 aliphatic rings. The van der Waals surface area contributed by atoms with Gasteiger partial charge in [-0.05, 0) is 45.1 Å². The SMILES string of the molecule is CNC(CCN(C)C(C)CO)c1cc(F)cc(F)c1. The maximum atomic E-state index is 13.2. The maximum absolute atomic E-state index is 13.2. The lowest BCUT2D eigenvalue weighted by atomic mass is 10.0. The second-order valence-corrected chi connectivity index (χ2v) is 4.84. The lowest BCUT2D eigenvalue weighted by molar-refractivity contribution is 0.154. The molecule has 2 unspecified atom stereocenters. The third-order valence-corrected chi connectivity index (χ3v) is 3.42. The molecule has 0 heterocycles. The highest BCUT2D eigenvalue weighted by atomic mass is 19.1. The van der Waals surface area contributed by atoms with Gasteiger partial charge in [-0.1, -0.05) is 0 Å². The van der Waals surface area contributed by atoms with Crippen LogP contribution in [0.3, 0.4) is 0 Å². The van der Waals surface area contributed by atoms with E-state index < -0.39 is 11.6 Å². The molecule has 0 saturated carbocycles. The summed E-state index contributed by atoms with van der Waals surface area (Å²) in [6.45, 7) is 2.75. The Morgan fingerprint density at radius 2 is 1.84 bits per heavy atom. The minimum Gasteiger partial charge on any atom is -0.395 e. The molecule has 0 saturated heterocycles. The molecule has 2 N–H and O–H groups in total. The minimum absolute atomic E-state index is 0.0711. The van der Waals surface area contributed by atoms with Gasteiger partial charge in [0.1, 0.15) is 11.6 Å².